The standard InChI is InChI=1S/C16H14BrN5O/c1-22-9-12(10-5-3-2-4-6-10)15(21-22)20-16(23)11-7-13(17)14(18)19-8-11/h2-9H,1H3,(H2,18,19)(H,20,21,23). The van der Waals surface area contributed by atoms with Crippen LogP contribution in [-0.2, 0) is 7.05 Å². The summed E-state index contributed by atoms with van der Waals surface area (Å²) in [6, 6.07) is 11.4. The second kappa shape index (κ2) is 6.21. The zero-order chi connectivity index (χ0) is 16.4. The van der Waals surface area contributed by atoms with Crippen LogP contribution in [0.3, 0.4) is 0 Å². The maximum atomic E-state index is 12.4. The third-order valence-electron chi connectivity index (χ3n) is 3.28. The van der Waals surface area contributed by atoms with Crippen LogP contribution in [0.2, 0.25) is 0 Å². The number of amides is 1. The number of nitrogens with two attached hydrogens (primary N) is 1. The van der Waals surface area contributed by atoms with Gasteiger partial charge in [-0.25, -0.2) is 4.98 Å². The Balaban J connectivity index is 1.91. The number of hydrogen-bond acceptors (Lipinski definition) is 4. The van der Waals surface area contributed by atoms with Gasteiger partial charge in [-0.05, 0) is 27.6 Å². The molecule has 6 nitrogen and oxygen atoms in total. The van der Waals surface area contributed by atoms with E-state index in [1.807, 2.05) is 43.6 Å². The van der Waals surface area contributed by atoms with Gasteiger partial charge in [-0.2, -0.15) is 5.10 Å². The van der Waals surface area contributed by atoms with Gasteiger partial charge in [-0.3, -0.25) is 9.48 Å². The van der Waals surface area contributed by atoms with Gasteiger partial charge in [-0.1, -0.05) is 30.3 Å². The third kappa shape index (κ3) is 3.24. The van der Waals surface area contributed by atoms with Crippen LogP contribution in [0.4, 0.5) is 11.6 Å². The molecule has 0 radical (unpaired) electrons. The largest absolute Gasteiger partial charge is 0.383 e. The van der Waals surface area contributed by atoms with Crippen LogP contribution < -0.4 is 11.1 Å². The summed E-state index contributed by atoms with van der Waals surface area (Å²) in [7, 11) is 1.81. The van der Waals surface area contributed by atoms with Gasteiger partial charge in [0.15, 0.2) is 5.82 Å². The number of rotatable bonds is 3. The second-order valence-electron chi connectivity index (χ2n) is 4.98. The smallest absolute Gasteiger partial charge is 0.258 e. The van der Waals surface area contributed by atoms with Crippen LogP contribution in [-0.4, -0.2) is 20.7 Å². The molecule has 0 atom stereocenters. The monoisotopic (exact) mass is 371 g/mol. The summed E-state index contributed by atoms with van der Waals surface area (Å²) in [5, 5.41) is 7.14. The number of anilines is 2. The van der Waals surface area contributed by atoms with E-state index in [1.165, 1.54) is 6.20 Å². The van der Waals surface area contributed by atoms with Gasteiger partial charge in [-0.15, -0.1) is 0 Å². The highest BCUT2D eigenvalue weighted by Crippen LogP contribution is 2.27. The molecule has 0 bridgehead atoms. The Hall–Kier alpha value is -2.67. The lowest BCUT2D eigenvalue weighted by atomic mass is 10.1. The zero-order valence-corrected chi connectivity index (χ0v) is 13.9. The number of carbonyl (C=O) groups is 1. The van der Waals surface area contributed by atoms with Crippen molar-refractivity contribution < 1.29 is 4.79 Å². The minimum absolute atomic E-state index is 0.297. The summed E-state index contributed by atoms with van der Waals surface area (Å²) in [6.45, 7) is 0. The number of nitrogens with one attached hydrogen (secondary N) is 1. The Morgan fingerprint density at radius 3 is 2.74 bits per heavy atom. The van der Waals surface area contributed by atoms with Crippen molar-refractivity contribution in [2.24, 2.45) is 7.05 Å². The fourth-order valence-corrected chi connectivity index (χ4v) is 2.51. The molecular weight excluding hydrogens is 358 g/mol. The first-order chi connectivity index (χ1) is 11.0. The van der Waals surface area contributed by atoms with Crippen molar-refractivity contribution in [1.82, 2.24) is 14.8 Å². The Labute approximate surface area is 141 Å². The van der Waals surface area contributed by atoms with Gasteiger partial charge in [0, 0.05) is 25.0 Å². The van der Waals surface area contributed by atoms with E-state index in [0.717, 1.165) is 11.1 Å². The molecule has 0 aliphatic heterocycles. The fourth-order valence-electron chi connectivity index (χ4n) is 2.16. The molecule has 3 N–H and O–H groups in total. The summed E-state index contributed by atoms with van der Waals surface area (Å²) >= 11 is 3.27. The molecule has 1 amide bonds. The van der Waals surface area contributed by atoms with Crippen LogP contribution in [0, 0.1) is 0 Å². The second-order valence-corrected chi connectivity index (χ2v) is 5.83. The molecule has 7 heteroatoms. The average Bonchev–Trinajstić information content (AvgIpc) is 2.91. The van der Waals surface area contributed by atoms with Crippen molar-refractivity contribution >= 4 is 33.5 Å². The van der Waals surface area contributed by atoms with E-state index in [9.17, 15) is 4.79 Å². The molecule has 3 aromatic rings. The van der Waals surface area contributed by atoms with Crippen molar-refractivity contribution in [3.05, 3.63) is 58.8 Å². The van der Waals surface area contributed by atoms with E-state index in [0.29, 0.717) is 21.7 Å². The molecule has 0 unspecified atom stereocenters. The Morgan fingerprint density at radius 1 is 1.30 bits per heavy atom. The maximum absolute atomic E-state index is 12.4. The fraction of sp³-hybridized carbons (Fsp3) is 0.0625. The molecule has 1 aromatic carbocycles. The molecule has 0 spiro atoms. The van der Waals surface area contributed by atoms with Gasteiger partial charge in [0.1, 0.15) is 5.82 Å². The van der Waals surface area contributed by atoms with Crippen LogP contribution in [0.1, 0.15) is 10.4 Å². The lowest BCUT2D eigenvalue weighted by Crippen LogP contribution is -2.14. The van der Waals surface area contributed by atoms with Crippen molar-refractivity contribution in [2.75, 3.05) is 11.1 Å². The van der Waals surface area contributed by atoms with Crippen LogP contribution in [0.5, 0.6) is 0 Å². The number of carbonyl (C=O) groups excluding carboxylic acids is 1. The van der Waals surface area contributed by atoms with Gasteiger partial charge in [0.05, 0.1) is 10.0 Å². The Morgan fingerprint density at radius 2 is 2.04 bits per heavy atom. The maximum Gasteiger partial charge on any atom is 0.258 e. The molecule has 0 aliphatic rings. The summed E-state index contributed by atoms with van der Waals surface area (Å²) in [5.74, 6) is 0.537. The highest BCUT2D eigenvalue weighted by Gasteiger charge is 2.15. The van der Waals surface area contributed by atoms with Crippen LogP contribution in [0.15, 0.2) is 53.3 Å². The van der Waals surface area contributed by atoms with E-state index < -0.39 is 0 Å². The number of aromatic nitrogens is 3. The normalized spacial score (nSPS) is 10.5. The summed E-state index contributed by atoms with van der Waals surface area (Å²) < 4.78 is 2.24. The molecular formula is C16H14BrN5O. The van der Waals surface area contributed by atoms with Crippen molar-refractivity contribution in [2.45, 2.75) is 0 Å². The van der Waals surface area contributed by atoms with E-state index in [4.69, 9.17) is 5.73 Å². The summed E-state index contributed by atoms with van der Waals surface area (Å²) in [5.41, 5.74) is 7.87. The Kier molecular flexibility index (Phi) is 4.12. The van der Waals surface area contributed by atoms with E-state index in [2.05, 4.69) is 31.3 Å². The first-order valence-electron chi connectivity index (χ1n) is 6.86. The van der Waals surface area contributed by atoms with Gasteiger partial charge in [0.25, 0.3) is 5.91 Å². The average molecular weight is 372 g/mol. The predicted molar refractivity (Wildman–Crippen MR) is 92.9 cm³/mol. The predicted octanol–water partition coefficient (Wildman–Crippen LogP) is 3.08. The molecule has 0 saturated carbocycles. The number of nitrogens with zero attached hydrogens (tertiary/aromatic N) is 3. The molecule has 0 aliphatic carbocycles. The molecule has 2 aromatic heterocycles. The van der Waals surface area contributed by atoms with E-state index >= 15 is 0 Å². The first kappa shape index (κ1) is 15.2. The quantitative estimate of drug-likeness (QED) is 0.740. The highest BCUT2D eigenvalue weighted by molar-refractivity contribution is 9.10. The number of benzene rings is 1. The minimum Gasteiger partial charge on any atom is -0.383 e. The summed E-state index contributed by atoms with van der Waals surface area (Å²) in [6.07, 6.45) is 3.29. The van der Waals surface area contributed by atoms with Gasteiger partial charge < -0.3 is 11.1 Å². The number of pyridine rings is 1. The SMILES string of the molecule is Cn1cc(-c2ccccc2)c(NC(=O)c2cnc(N)c(Br)c2)n1. The zero-order valence-electron chi connectivity index (χ0n) is 12.3. The Bertz CT molecular complexity index is 860. The van der Waals surface area contributed by atoms with Gasteiger partial charge >= 0.3 is 0 Å². The number of hydrogen-bond donors (Lipinski definition) is 2. The molecule has 0 saturated heterocycles. The molecule has 2 heterocycles. The highest BCUT2D eigenvalue weighted by atomic mass is 79.9. The van der Waals surface area contributed by atoms with E-state index in [1.54, 1.807) is 10.7 Å². The lowest BCUT2D eigenvalue weighted by molar-refractivity contribution is 0.102. The van der Waals surface area contributed by atoms with Crippen molar-refractivity contribution in [3.63, 3.8) is 0 Å². The first-order valence-corrected chi connectivity index (χ1v) is 7.65. The lowest BCUT2D eigenvalue weighted by Gasteiger charge is -2.06. The summed E-state index contributed by atoms with van der Waals surface area (Å²) in [4.78, 5) is 16.4. The number of aryl methyl sites for hydroxylation is 1. The third-order valence-corrected chi connectivity index (χ3v) is 3.91. The van der Waals surface area contributed by atoms with Crippen molar-refractivity contribution in [1.29, 1.82) is 0 Å². The topological polar surface area (TPSA) is 85.8 Å². The molecule has 116 valence electrons. The van der Waals surface area contributed by atoms with Gasteiger partial charge in [0.2, 0.25) is 0 Å². The number of halogens is 1. The minimum atomic E-state index is -0.297. The van der Waals surface area contributed by atoms with E-state index in [-0.39, 0.29) is 5.91 Å². The van der Waals surface area contributed by atoms with Crippen LogP contribution in [0.25, 0.3) is 11.1 Å². The molecule has 23 heavy (non-hydrogen) atoms. The van der Waals surface area contributed by atoms with Crippen molar-refractivity contribution in [3.8, 4) is 11.1 Å². The molecule has 0 fully saturated rings. The molecule has 3 rings (SSSR count). The van der Waals surface area contributed by atoms with Crippen LogP contribution >= 0.6 is 15.9 Å². The number of nitrogen functional groups attached to an aromatic ring is 1.